The Morgan fingerprint density at radius 3 is 2.75 bits per heavy atom. The van der Waals surface area contributed by atoms with Crippen molar-refractivity contribution in [2.24, 2.45) is 5.73 Å². The van der Waals surface area contributed by atoms with E-state index in [2.05, 4.69) is 15.5 Å². The Bertz CT molecular complexity index is 982. The Kier molecular flexibility index (Phi) is 6.15. The minimum absolute atomic E-state index is 0.106. The predicted octanol–water partition coefficient (Wildman–Crippen LogP) is 2.63. The van der Waals surface area contributed by atoms with Gasteiger partial charge in [0.25, 0.3) is 0 Å². The van der Waals surface area contributed by atoms with Gasteiger partial charge in [0.2, 0.25) is 17.6 Å². The van der Waals surface area contributed by atoms with Crippen LogP contribution in [0, 0.1) is 6.92 Å². The van der Waals surface area contributed by atoms with E-state index in [9.17, 15) is 9.59 Å². The van der Waals surface area contributed by atoms with E-state index in [4.69, 9.17) is 10.2 Å². The molecule has 0 atom stereocenters. The highest BCUT2D eigenvalue weighted by atomic mass is 32.2. The smallest absolute Gasteiger partial charge is 0.237 e. The first kappa shape index (κ1) is 19.7. The molecule has 2 aromatic heterocycles. The van der Waals surface area contributed by atoms with Crippen molar-refractivity contribution in [1.82, 2.24) is 14.8 Å². The summed E-state index contributed by atoms with van der Waals surface area (Å²) < 4.78 is 6.88. The first-order valence-electron chi connectivity index (χ1n) is 8.76. The highest BCUT2D eigenvalue weighted by Gasteiger charge is 2.19. The Hall–Kier alpha value is -3.07. The van der Waals surface area contributed by atoms with Crippen molar-refractivity contribution in [2.75, 3.05) is 11.1 Å². The van der Waals surface area contributed by atoms with Crippen LogP contribution in [0.3, 0.4) is 0 Å². The van der Waals surface area contributed by atoms with Crippen LogP contribution in [0.4, 0.5) is 5.69 Å². The summed E-state index contributed by atoms with van der Waals surface area (Å²) in [6.07, 6.45) is 2.33. The lowest BCUT2D eigenvalue weighted by molar-refractivity contribution is -0.118. The maximum Gasteiger partial charge on any atom is 0.237 e. The number of nitrogens with zero attached hydrogens (tertiary/aromatic N) is 3. The second kappa shape index (κ2) is 8.75. The largest absolute Gasteiger partial charge is 0.461 e. The number of aryl methyl sites for hydroxylation is 2. The van der Waals surface area contributed by atoms with E-state index >= 15 is 0 Å². The molecule has 1 aromatic carbocycles. The van der Waals surface area contributed by atoms with Crippen molar-refractivity contribution in [1.29, 1.82) is 0 Å². The summed E-state index contributed by atoms with van der Waals surface area (Å²) in [7, 11) is 0. The van der Waals surface area contributed by atoms with Crippen LogP contribution in [0.5, 0.6) is 0 Å². The monoisotopic (exact) mass is 399 g/mol. The third kappa shape index (κ3) is 4.42. The number of amides is 2. The lowest BCUT2D eigenvalue weighted by Gasteiger charge is -2.13. The number of carbonyl (C=O) groups is 2. The maximum absolute atomic E-state index is 12.5. The van der Waals surface area contributed by atoms with Gasteiger partial charge < -0.3 is 15.5 Å². The number of hydrogen-bond donors (Lipinski definition) is 2. The quantitative estimate of drug-likeness (QED) is 0.563. The lowest BCUT2D eigenvalue weighted by Crippen LogP contribution is -2.20. The minimum Gasteiger partial charge on any atom is -0.461 e. The summed E-state index contributed by atoms with van der Waals surface area (Å²) in [6, 6.07) is 9.36. The Balaban J connectivity index is 1.74. The summed E-state index contributed by atoms with van der Waals surface area (Å²) in [5.41, 5.74) is 8.27. The number of furan rings is 1. The normalized spacial score (nSPS) is 10.8. The van der Waals surface area contributed by atoms with E-state index in [0.29, 0.717) is 16.7 Å². The number of nitrogens with two attached hydrogens (primary N) is 1. The van der Waals surface area contributed by atoms with Crippen LogP contribution in [0.15, 0.2) is 46.2 Å². The Morgan fingerprint density at radius 2 is 2.07 bits per heavy atom. The van der Waals surface area contributed by atoms with E-state index in [1.165, 1.54) is 18.0 Å². The molecule has 0 radical (unpaired) electrons. The van der Waals surface area contributed by atoms with Crippen molar-refractivity contribution >= 4 is 29.3 Å². The fourth-order valence-electron chi connectivity index (χ4n) is 2.79. The molecule has 0 aliphatic rings. The number of carbonyl (C=O) groups excluding carboxylic acids is 2. The third-order valence-electron chi connectivity index (χ3n) is 4.11. The van der Waals surface area contributed by atoms with Crippen molar-refractivity contribution in [3.8, 4) is 11.6 Å². The van der Waals surface area contributed by atoms with Crippen molar-refractivity contribution in [3.63, 3.8) is 0 Å². The van der Waals surface area contributed by atoms with E-state index in [1.807, 2.05) is 32.0 Å². The van der Waals surface area contributed by atoms with Gasteiger partial charge in [-0.05, 0) is 36.6 Å². The van der Waals surface area contributed by atoms with Gasteiger partial charge in [-0.2, -0.15) is 0 Å². The molecule has 0 saturated carbocycles. The van der Waals surface area contributed by atoms with Gasteiger partial charge >= 0.3 is 0 Å². The summed E-state index contributed by atoms with van der Waals surface area (Å²) in [6.45, 7) is 3.90. The molecule has 0 fully saturated rings. The average molecular weight is 399 g/mol. The van der Waals surface area contributed by atoms with Gasteiger partial charge in [0.05, 0.1) is 12.0 Å². The lowest BCUT2D eigenvalue weighted by atomic mass is 10.1. The highest BCUT2D eigenvalue weighted by molar-refractivity contribution is 7.99. The molecule has 28 heavy (non-hydrogen) atoms. The third-order valence-corrected chi connectivity index (χ3v) is 5.08. The molecule has 0 aliphatic heterocycles. The fourth-order valence-corrected chi connectivity index (χ4v) is 3.53. The second-order valence-corrected chi connectivity index (χ2v) is 7.08. The maximum atomic E-state index is 12.5. The molecule has 0 bridgehead atoms. The summed E-state index contributed by atoms with van der Waals surface area (Å²) >= 11 is 1.18. The molecule has 0 aliphatic carbocycles. The van der Waals surface area contributed by atoms with Crippen LogP contribution in [0.2, 0.25) is 0 Å². The van der Waals surface area contributed by atoms with Crippen LogP contribution in [0.25, 0.3) is 11.6 Å². The zero-order valence-corrected chi connectivity index (χ0v) is 16.5. The zero-order valence-electron chi connectivity index (χ0n) is 15.6. The molecule has 9 heteroatoms. The number of nitrogens with one attached hydrogen (secondary N) is 1. The molecule has 8 nitrogen and oxygen atoms in total. The van der Waals surface area contributed by atoms with E-state index in [-0.39, 0.29) is 18.2 Å². The van der Waals surface area contributed by atoms with Gasteiger partial charge in [-0.1, -0.05) is 36.9 Å². The number of benzene rings is 1. The van der Waals surface area contributed by atoms with Gasteiger partial charge in [-0.25, -0.2) is 0 Å². The summed E-state index contributed by atoms with van der Waals surface area (Å²) in [5.74, 6) is 0.275. The number of para-hydroxylation sites is 1. The SMILES string of the molecule is CCc1cccc(C)c1NC(=O)CSc1nnc(-c2ccco2)n1CC(N)=O. The van der Waals surface area contributed by atoms with E-state index in [1.54, 1.807) is 16.7 Å². The predicted molar refractivity (Wildman–Crippen MR) is 107 cm³/mol. The van der Waals surface area contributed by atoms with Crippen LogP contribution in [-0.2, 0) is 22.6 Å². The summed E-state index contributed by atoms with van der Waals surface area (Å²) in [5, 5.41) is 11.5. The number of aromatic nitrogens is 3. The van der Waals surface area contributed by atoms with Gasteiger partial charge in [0.15, 0.2) is 10.9 Å². The highest BCUT2D eigenvalue weighted by Crippen LogP contribution is 2.25. The Morgan fingerprint density at radius 1 is 1.25 bits per heavy atom. The average Bonchev–Trinajstić information content (AvgIpc) is 3.31. The van der Waals surface area contributed by atoms with E-state index < -0.39 is 5.91 Å². The Labute approximate surface area is 166 Å². The minimum atomic E-state index is -0.536. The van der Waals surface area contributed by atoms with Crippen LogP contribution < -0.4 is 11.1 Å². The first-order chi connectivity index (χ1) is 13.5. The van der Waals surface area contributed by atoms with Gasteiger partial charge in [0, 0.05) is 5.69 Å². The molecule has 3 aromatic rings. The molecule has 2 heterocycles. The molecule has 146 valence electrons. The molecule has 0 spiro atoms. The molecule has 0 saturated heterocycles. The molecule has 0 unspecified atom stereocenters. The van der Waals surface area contributed by atoms with Gasteiger partial charge in [-0.3, -0.25) is 14.2 Å². The first-order valence-corrected chi connectivity index (χ1v) is 9.74. The molecular weight excluding hydrogens is 378 g/mol. The van der Waals surface area contributed by atoms with Crippen molar-refractivity contribution in [3.05, 3.63) is 47.7 Å². The molecule has 2 amide bonds. The van der Waals surface area contributed by atoms with Crippen molar-refractivity contribution < 1.29 is 14.0 Å². The summed E-state index contributed by atoms with van der Waals surface area (Å²) in [4.78, 5) is 23.9. The number of rotatable bonds is 8. The van der Waals surface area contributed by atoms with Gasteiger partial charge in [-0.15, -0.1) is 10.2 Å². The van der Waals surface area contributed by atoms with Gasteiger partial charge in [0.1, 0.15) is 6.54 Å². The zero-order chi connectivity index (χ0) is 20.1. The molecular formula is C19H21N5O3S. The van der Waals surface area contributed by atoms with Crippen LogP contribution >= 0.6 is 11.8 Å². The standard InChI is InChI=1S/C19H21N5O3S/c1-3-13-7-4-6-12(2)17(13)21-16(26)11-28-19-23-22-18(14-8-5-9-27-14)24(19)10-15(20)25/h4-9H,3,10-11H2,1-2H3,(H2,20,25)(H,21,26). The van der Waals surface area contributed by atoms with Crippen molar-refractivity contribution in [2.45, 2.75) is 32.0 Å². The van der Waals surface area contributed by atoms with Crippen LogP contribution in [0.1, 0.15) is 18.1 Å². The second-order valence-electron chi connectivity index (χ2n) is 6.14. The van der Waals surface area contributed by atoms with Crippen LogP contribution in [-0.4, -0.2) is 32.3 Å². The number of primary amides is 1. The topological polar surface area (TPSA) is 116 Å². The number of anilines is 1. The van der Waals surface area contributed by atoms with E-state index in [0.717, 1.165) is 23.2 Å². The number of thioether (sulfide) groups is 1. The number of hydrogen-bond acceptors (Lipinski definition) is 6. The molecule has 3 rings (SSSR count). The fraction of sp³-hybridized carbons (Fsp3) is 0.263. The molecule has 3 N–H and O–H groups in total.